The highest BCUT2D eigenvalue weighted by atomic mass is 15.0. The third-order valence-electron chi connectivity index (χ3n) is 27.8. The maximum Gasteiger partial charge on any atom is 0.0973 e. The molecule has 0 N–H and O–H groups in total. The van der Waals surface area contributed by atoms with E-state index in [9.17, 15) is 0 Å². The first-order valence-electron chi connectivity index (χ1n) is 46.8. The second-order valence-electron chi connectivity index (χ2n) is 35.5. The van der Waals surface area contributed by atoms with Gasteiger partial charge < -0.3 is 18.3 Å². The van der Waals surface area contributed by atoms with Gasteiger partial charge in [-0.25, -0.2) is 9.97 Å². The van der Waals surface area contributed by atoms with E-state index in [0.29, 0.717) is 0 Å². The third kappa shape index (κ3) is 13.0. The summed E-state index contributed by atoms with van der Waals surface area (Å²) in [5, 5.41) is 22.5. The topological polar surface area (TPSA) is 97.1 Å². The predicted molar refractivity (Wildman–Crippen MR) is 576 cm³/mol. The molecule has 10 heteroatoms. The largest absolute Gasteiger partial charge is 0.309 e. The van der Waals surface area contributed by atoms with Crippen LogP contribution in [0.2, 0.25) is 0 Å². The van der Waals surface area contributed by atoms with Crippen LogP contribution in [0.25, 0.3) is 264 Å². The molecule has 29 rings (SSSR count). The maximum atomic E-state index is 5.34. The van der Waals surface area contributed by atoms with Crippen LogP contribution in [0.4, 0.5) is 0 Å². The Labute approximate surface area is 792 Å². The highest BCUT2D eigenvalue weighted by Crippen LogP contribution is 2.50. The number of hydrogen-bond donors (Lipinski definition) is 0. The van der Waals surface area contributed by atoms with Crippen molar-refractivity contribution in [2.75, 3.05) is 0 Å². The molecule has 0 fully saturated rings. The van der Waals surface area contributed by atoms with Gasteiger partial charge in [0, 0.05) is 102 Å². The molecule has 0 saturated heterocycles. The second kappa shape index (κ2) is 32.7. The zero-order valence-corrected chi connectivity index (χ0v) is 74.7. The van der Waals surface area contributed by atoms with E-state index in [1.165, 1.54) is 158 Å². The lowest BCUT2D eigenvalue weighted by atomic mass is 9.94. The normalized spacial score (nSPS) is 11.8. The summed E-state index contributed by atoms with van der Waals surface area (Å²) < 4.78 is 9.70. The van der Waals surface area contributed by atoms with Crippen LogP contribution in [0.1, 0.15) is 0 Å². The van der Waals surface area contributed by atoms with Gasteiger partial charge in [-0.3, -0.25) is 19.9 Å². The Morgan fingerprint density at radius 1 is 0.152 bits per heavy atom. The summed E-state index contributed by atoms with van der Waals surface area (Å²) >= 11 is 0. The Hall–Kier alpha value is -18.6. The molecule has 0 aliphatic carbocycles. The van der Waals surface area contributed by atoms with Gasteiger partial charge in [0.25, 0.3) is 0 Å². The number of benzene rings is 22. The summed E-state index contributed by atoms with van der Waals surface area (Å²) in [6.07, 6.45) is 7.04. The fourth-order valence-electron chi connectivity index (χ4n) is 21.8. The van der Waals surface area contributed by atoms with Crippen LogP contribution in [0.5, 0.6) is 0 Å². The van der Waals surface area contributed by atoms with Gasteiger partial charge in [-0.05, 0) is 202 Å². The highest BCUT2D eigenvalue weighted by Gasteiger charge is 2.28. The first-order chi connectivity index (χ1) is 68.5. The predicted octanol–water partition coefficient (Wildman–Crippen LogP) is 33.0. The lowest BCUT2D eigenvalue weighted by Crippen LogP contribution is -1.99. The van der Waals surface area contributed by atoms with Crippen LogP contribution in [0.3, 0.4) is 0 Å². The highest BCUT2D eigenvalue weighted by molar-refractivity contribution is 6.33. The van der Waals surface area contributed by atoms with E-state index in [1.807, 2.05) is 12.1 Å². The first-order valence-corrected chi connectivity index (χ1v) is 46.8. The molecule has 0 unspecified atom stereocenters. The fourth-order valence-corrected chi connectivity index (χ4v) is 21.8. The van der Waals surface area contributed by atoms with Crippen LogP contribution >= 0.6 is 0 Å². The molecular weight excluding hydrogens is 1680 g/mol. The zero-order chi connectivity index (χ0) is 90.8. The summed E-state index contributed by atoms with van der Waals surface area (Å²) in [6, 6.07) is 165. The minimum Gasteiger partial charge on any atom is -0.309 e. The monoisotopic (exact) mass is 1760 g/mol. The van der Waals surface area contributed by atoms with Gasteiger partial charge in [-0.1, -0.05) is 352 Å². The zero-order valence-electron chi connectivity index (χ0n) is 74.7. The number of fused-ring (bicyclic) bond motifs is 25. The Morgan fingerprint density at radius 3 is 0.978 bits per heavy atom. The molecule has 22 aromatic carbocycles. The van der Waals surface area contributed by atoms with Gasteiger partial charge in [0.2, 0.25) is 0 Å². The lowest BCUT2D eigenvalue weighted by molar-refractivity contribution is 1.16. The van der Waals surface area contributed by atoms with E-state index in [1.54, 1.807) is 24.8 Å². The van der Waals surface area contributed by atoms with Gasteiger partial charge in [-0.2, -0.15) is 0 Å². The number of aromatic nitrogens is 10. The van der Waals surface area contributed by atoms with Crippen LogP contribution in [0, 0.1) is 0 Å². The molecule has 7 heterocycles. The van der Waals surface area contributed by atoms with E-state index in [-0.39, 0.29) is 0 Å². The number of rotatable bonds is 10. The van der Waals surface area contributed by atoms with E-state index >= 15 is 0 Å². The first kappa shape index (κ1) is 79.1. The van der Waals surface area contributed by atoms with Gasteiger partial charge in [0.1, 0.15) is 0 Å². The van der Waals surface area contributed by atoms with Crippen molar-refractivity contribution in [3.63, 3.8) is 0 Å². The van der Waals surface area contributed by atoms with Gasteiger partial charge in [0.05, 0.1) is 94.3 Å². The third-order valence-corrected chi connectivity index (χ3v) is 27.8. The van der Waals surface area contributed by atoms with E-state index in [2.05, 4.69) is 477 Å². The van der Waals surface area contributed by atoms with Crippen molar-refractivity contribution in [1.82, 2.24) is 48.2 Å². The number of hydrogen-bond acceptors (Lipinski definition) is 6. The molecule has 0 radical (unpaired) electrons. The molecule has 7 aromatic heterocycles. The van der Waals surface area contributed by atoms with Crippen molar-refractivity contribution in [3.05, 3.63) is 486 Å². The molecule has 0 amide bonds. The van der Waals surface area contributed by atoms with Crippen LogP contribution in [-0.2, 0) is 0 Å². The number of nitrogens with zero attached hydrogens (tertiary/aromatic N) is 10. The molecule has 0 aliphatic rings. The standard InChI is InChI=1S/C48H30N4.C46H29N3.C34H21N3/c1-4-14-31(15-5-1)37-28-47-48(36-22-11-10-20-34(36)37)40-26-39-35-21-12-13-23-43(35)52(45(39)30-46(40)51(47)33-18-8-3-9-19-33)44-29-42-41(49-24-25-50-42)27-38(44)32-16-6-2-7-17-32;1-4-14-30(15-5-1)38-29-42-44(37-23-13-12-22-36(37)38)43-35-21-11-10-16-31(35)24-27-41(43)49(42)34-25-26-39-40(28-34)48-46(33-19-8-3-9-20-33)45(47-39)32-17-6-2-7-18-32;1-2-8-22(9-3-1)28-21-32-34(27-13-7-6-12-26(27)28)33-25-11-5-4-10-23(25)14-17-31(33)37(32)24-15-16-29-30(20-24)36-19-18-35-29/h1-30H;1-29H;1-21H. The van der Waals surface area contributed by atoms with Crippen molar-refractivity contribution in [1.29, 1.82) is 0 Å². The summed E-state index contributed by atoms with van der Waals surface area (Å²) in [4.78, 5) is 29.1. The molecule has 0 aliphatic heterocycles. The minimum atomic E-state index is 0.857. The average Bonchev–Trinajstić information content (AvgIpc) is 1.54. The average molecular weight is 1760 g/mol. The summed E-state index contributed by atoms with van der Waals surface area (Å²) in [7, 11) is 0. The molecule has 0 spiro atoms. The maximum absolute atomic E-state index is 5.34. The Bertz CT molecular complexity index is 9950. The Kier molecular flexibility index (Phi) is 18.7. The molecular formula is C128H80N10. The molecule has 0 atom stereocenters. The minimum absolute atomic E-state index is 0.857. The molecule has 642 valence electrons. The van der Waals surface area contributed by atoms with Crippen molar-refractivity contribution in [2.45, 2.75) is 0 Å². The smallest absolute Gasteiger partial charge is 0.0973 e. The van der Waals surface area contributed by atoms with Crippen molar-refractivity contribution in [2.24, 2.45) is 0 Å². The van der Waals surface area contributed by atoms with E-state index in [4.69, 9.17) is 19.9 Å². The molecule has 138 heavy (non-hydrogen) atoms. The Morgan fingerprint density at radius 2 is 0.493 bits per heavy atom. The van der Waals surface area contributed by atoms with Crippen molar-refractivity contribution < 1.29 is 0 Å². The van der Waals surface area contributed by atoms with Crippen LogP contribution in [-0.4, -0.2) is 48.2 Å². The fraction of sp³-hybridized carbons (Fsp3) is 0. The van der Waals surface area contributed by atoms with Gasteiger partial charge in [-0.15, -0.1) is 0 Å². The molecule has 0 bridgehead atoms. The van der Waals surface area contributed by atoms with E-state index < -0.39 is 0 Å². The summed E-state index contributed by atoms with van der Waals surface area (Å²) in [5.74, 6) is 0. The van der Waals surface area contributed by atoms with Crippen molar-refractivity contribution in [3.8, 4) is 89.8 Å². The molecule has 10 nitrogen and oxygen atoms in total. The van der Waals surface area contributed by atoms with Crippen LogP contribution in [0.15, 0.2) is 486 Å². The SMILES string of the molecule is c1ccc(-c2cc3c(c4ccccc24)c2c4ccccc4ccc2n3-c2ccc3nccnc3c2)cc1.c1ccc(-c2cc3nccnc3cc2-n2c3ccccc3c3cc4c5c6ccccc6c(-c6ccccc6)cc5n(-c5ccccc5)c4cc32)cc1.c1ccc(-c2nc3ccc(-n4c5ccc6ccccc6c5c5c6ccccc6c(-c6ccccc6)cc54)cc3nc2-c2ccccc2)cc1. The van der Waals surface area contributed by atoms with E-state index in [0.717, 1.165) is 106 Å². The Balaban J connectivity index is 0.000000106. The number of para-hydroxylation sites is 2. The quantitative estimate of drug-likeness (QED) is 0.135. The lowest BCUT2D eigenvalue weighted by Gasteiger charge is -2.15. The van der Waals surface area contributed by atoms with Gasteiger partial charge in [0.15, 0.2) is 0 Å². The summed E-state index contributed by atoms with van der Waals surface area (Å²) in [6.45, 7) is 0. The van der Waals surface area contributed by atoms with Gasteiger partial charge >= 0.3 is 0 Å². The van der Waals surface area contributed by atoms with Crippen LogP contribution < -0.4 is 0 Å². The molecule has 29 aromatic rings. The molecule has 0 saturated carbocycles. The second-order valence-corrected chi connectivity index (χ2v) is 35.5. The van der Waals surface area contributed by atoms with Crippen molar-refractivity contribution >= 4 is 174 Å². The summed E-state index contributed by atoms with van der Waals surface area (Å²) in [5.41, 5.74) is 32.3.